The number of furan rings is 1. The lowest BCUT2D eigenvalue weighted by Gasteiger charge is -2.23. The molecule has 0 saturated carbocycles. The second kappa shape index (κ2) is 6.81. The van der Waals surface area contributed by atoms with Crippen molar-refractivity contribution >= 4 is 23.1 Å². The number of benzene rings is 2. The third-order valence-electron chi connectivity index (χ3n) is 4.65. The number of Topliss-reactive ketones (excluding diaryl/α,β-unsaturated/α-hetero) is 1. The second-order valence-electron chi connectivity index (χ2n) is 6.53. The summed E-state index contributed by atoms with van der Waals surface area (Å²) in [6.45, 7) is 1.88. The van der Waals surface area contributed by atoms with Gasteiger partial charge in [-0.05, 0) is 61.0 Å². The van der Waals surface area contributed by atoms with Gasteiger partial charge >= 0.3 is 0 Å². The van der Waals surface area contributed by atoms with Gasteiger partial charge in [0.25, 0.3) is 11.7 Å². The molecule has 2 heterocycles. The number of aliphatic hydroxyl groups is 1. The third-order valence-corrected chi connectivity index (χ3v) is 4.65. The van der Waals surface area contributed by atoms with Crippen LogP contribution in [0.25, 0.3) is 5.76 Å². The summed E-state index contributed by atoms with van der Waals surface area (Å²) in [6.07, 6.45) is 1.43. The zero-order chi connectivity index (χ0) is 19.8. The Kier molecular flexibility index (Phi) is 4.31. The van der Waals surface area contributed by atoms with Crippen molar-refractivity contribution in [1.82, 2.24) is 0 Å². The summed E-state index contributed by atoms with van der Waals surface area (Å²) in [5.41, 5.74) is 1.56. The Morgan fingerprint density at radius 2 is 1.82 bits per heavy atom. The number of halogens is 1. The molecule has 2 aromatic carbocycles. The molecular weight excluding hydrogens is 361 g/mol. The van der Waals surface area contributed by atoms with Crippen LogP contribution in [0.1, 0.15) is 22.9 Å². The summed E-state index contributed by atoms with van der Waals surface area (Å²) in [5.74, 6) is -2.11. The zero-order valence-corrected chi connectivity index (χ0v) is 14.9. The smallest absolute Gasteiger partial charge is 0.300 e. The van der Waals surface area contributed by atoms with E-state index in [1.165, 1.54) is 35.4 Å². The summed E-state index contributed by atoms with van der Waals surface area (Å²) < 4.78 is 18.7. The first-order valence-corrected chi connectivity index (χ1v) is 8.64. The van der Waals surface area contributed by atoms with Gasteiger partial charge < -0.3 is 9.52 Å². The van der Waals surface area contributed by atoms with Crippen molar-refractivity contribution in [3.8, 4) is 0 Å². The molecule has 28 heavy (non-hydrogen) atoms. The fourth-order valence-electron chi connectivity index (χ4n) is 3.36. The molecule has 5 nitrogen and oxygen atoms in total. The molecule has 1 aromatic heterocycles. The molecule has 140 valence electrons. The summed E-state index contributed by atoms with van der Waals surface area (Å²) in [5, 5.41) is 10.8. The average molecular weight is 377 g/mol. The lowest BCUT2D eigenvalue weighted by molar-refractivity contribution is -0.132. The van der Waals surface area contributed by atoms with E-state index in [1.54, 1.807) is 30.3 Å². The van der Waals surface area contributed by atoms with Gasteiger partial charge in [-0.1, -0.05) is 12.1 Å². The molecule has 1 unspecified atom stereocenters. The normalized spacial score (nSPS) is 18.6. The van der Waals surface area contributed by atoms with Gasteiger partial charge in [0.05, 0.1) is 11.8 Å². The maximum atomic E-state index is 13.2. The highest BCUT2D eigenvalue weighted by Gasteiger charge is 2.48. The first-order chi connectivity index (χ1) is 13.5. The van der Waals surface area contributed by atoms with E-state index in [4.69, 9.17) is 4.42 Å². The number of carbonyl (C=O) groups excluding carboxylic acids is 2. The molecule has 1 fully saturated rings. The molecule has 0 radical (unpaired) electrons. The Hall–Kier alpha value is -3.67. The fraction of sp³-hybridized carbons (Fsp3) is 0.0909. The van der Waals surface area contributed by atoms with Gasteiger partial charge in [-0.2, -0.15) is 0 Å². The highest BCUT2D eigenvalue weighted by molar-refractivity contribution is 6.51. The largest absolute Gasteiger partial charge is 0.507 e. The molecule has 0 spiro atoms. The molecule has 1 atom stereocenters. The highest BCUT2D eigenvalue weighted by Crippen LogP contribution is 2.42. The van der Waals surface area contributed by atoms with E-state index in [0.717, 1.165) is 5.56 Å². The molecule has 6 heteroatoms. The van der Waals surface area contributed by atoms with Gasteiger partial charge in [0, 0.05) is 11.3 Å². The van der Waals surface area contributed by atoms with Crippen LogP contribution in [0, 0.1) is 12.7 Å². The number of rotatable bonds is 3. The predicted molar refractivity (Wildman–Crippen MR) is 101 cm³/mol. The molecule has 3 aromatic rings. The first kappa shape index (κ1) is 17.7. The zero-order valence-electron chi connectivity index (χ0n) is 14.9. The summed E-state index contributed by atoms with van der Waals surface area (Å²) in [6, 6.07) is 14.5. The summed E-state index contributed by atoms with van der Waals surface area (Å²) in [7, 11) is 0. The van der Waals surface area contributed by atoms with E-state index in [-0.39, 0.29) is 16.9 Å². The quantitative estimate of drug-likeness (QED) is 0.418. The van der Waals surface area contributed by atoms with Crippen LogP contribution in [0.2, 0.25) is 0 Å². The van der Waals surface area contributed by atoms with E-state index in [1.807, 2.05) is 13.0 Å². The number of carbonyl (C=O) groups is 2. The van der Waals surface area contributed by atoms with Crippen LogP contribution in [-0.2, 0) is 9.59 Å². The topological polar surface area (TPSA) is 70.8 Å². The average Bonchev–Trinajstić information content (AvgIpc) is 3.29. The van der Waals surface area contributed by atoms with Gasteiger partial charge in [0.1, 0.15) is 23.4 Å². The standard InChI is InChI=1S/C22H16FNO4/c1-13-4-2-5-16(12-13)24-19(17-6-3-11-28-17)18(21(26)22(24)27)20(25)14-7-9-15(23)10-8-14/h2-12,19,25H,1H3/b20-18-. The van der Waals surface area contributed by atoms with Gasteiger partial charge in [-0.15, -0.1) is 0 Å². The van der Waals surface area contributed by atoms with Crippen LogP contribution in [-0.4, -0.2) is 16.8 Å². The van der Waals surface area contributed by atoms with Gasteiger partial charge in [-0.25, -0.2) is 4.39 Å². The predicted octanol–water partition coefficient (Wildman–Crippen LogP) is 4.35. The maximum absolute atomic E-state index is 13.2. The Bertz CT molecular complexity index is 1080. The van der Waals surface area contributed by atoms with E-state index in [0.29, 0.717) is 11.4 Å². The van der Waals surface area contributed by atoms with Gasteiger partial charge in [-0.3, -0.25) is 14.5 Å². The number of anilines is 1. The van der Waals surface area contributed by atoms with Crippen LogP contribution in [0.5, 0.6) is 0 Å². The fourth-order valence-corrected chi connectivity index (χ4v) is 3.36. The van der Waals surface area contributed by atoms with Crippen LogP contribution >= 0.6 is 0 Å². The van der Waals surface area contributed by atoms with Crippen LogP contribution in [0.15, 0.2) is 76.9 Å². The Morgan fingerprint density at radius 3 is 2.46 bits per heavy atom. The SMILES string of the molecule is Cc1cccc(N2C(=O)C(=O)/C(=C(\O)c3ccc(F)cc3)C2c2ccco2)c1. The Balaban J connectivity index is 1.93. The van der Waals surface area contributed by atoms with Gasteiger partial charge in [0.15, 0.2) is 0 Å². The molecular formula is C22H16FNO4. The van der Waals surface area contributed by atoms with Crippen LogP contribution in [0.4, 0.5) is 10.1 Å². The number of ketones is 1. The number of aliphatic hydroxyl groups excluding tert-OH is 1. The number of nitrogens with zero attached hydrogens (tertiary/aromatic N) is 1. The van der Waals surface area contributed by atoms with Crippen LogP contribution in [0.3, 0.4) is 0 Å². The minimum atomic E-state index is -0.929. The van der Waals surface area contributed by atoms with Crippen molar-refractivity contribution in [2.24, 2.45) is 0 Å². The number of amides is 1. The van der Waals surface area contributed by atoms with E-state index >= 15 is 0 Å². The summed E-state index contributed by atoms with van der Waals surface area (Å²) >= 11 is 0. The van der Waals surface area contributed by atoms with E-state index < -0.39 is 23.5 Å². The molecule has 1 saturated heterocycles. The monoisotopic (exact) mass is 377 g/mol. The van der Waals surface area contributed by atoms with Crippen molar-refractivity contribution < 1.29 is 23.5 Å². The number of hydrogen-bond acceptors (Lipinski definition) is 4. The van der Waals surface area contributed by atoms with Crippen molar-refractivity contribution in [2.75, 3.05) is 4.90 Å². The van der Waals surface area contributed by atoms with Crippen molar-refractivity contribution in [1.29, 1.82) is 0 Å². The maximum Gasteiger partial charge on any atom is 0.300 e. The Morgan fingerprint density at radius 1 is 1.07 bits per heavy atom. The highest BCUT2D eigenvalue weighted by atomic mass is 19.1. The second-order valence-corrected chi connectivity index (χ2v) is 6.53. The van der Waals surface area contributed by atoms with Gasteiger partial charge in [0.2, 0.25) is 0 Å². The summed E-state index contributed by atoms with van der Waals surface area (Å²) in [4.78, 5) is 27.0. The number of hydrogen-bond donors (Lipinski definition) is 1. The molecule has 1 N–H and O–H groups in total. The molecule has 4 rings (SSSR count). The molecule has 0 aliphatic carbocycles. The van der Waals surface area contributed by atoms with E-state index in [9.17, 15) is 19.1 Å². The third kappa shape index (κ3) is 2.89. The van der Waals surface area contributed by atoms with Crippen molar-refractivity contribution in [3.63, 3.8) is 0 Å². The Labute approximate surface area is 160 Å². The molecule has 0 bridgehead atoms. The number of aryl methyl sites for hydroxylation is 1. The first-order valence-electron chi connectivity index (χ1n) is 8.64. The lowest BCUT2D eigenvalue weighted by Crippen LogP contribution is -2.29. The lowest BCUT2D eigenvalue weighted by atomic mass is 9.99. The molecule has 1 aliphatic rings. The van der Waals surface area contributed by atoms with Crippen LogP contribution < -0.4 is 4.90 Å². The molecule has 1 amide bonds. The minimum absolute atomic E-state index is 0.104. The molecule has 1 aliphatic heterocycles. The minimum Gasteiger partial charge on any atom is -0.507 e. The van der Waals surface area contributed by atoms with Crippen molar-refractivity contribution in [2.45, 2.75) is 13.0 Å². The van der Waals surface area contributed by atoms with Crippen molar-refractivity contribution in [3.05, 3.63) is 95.2 Å². The van der Waals surface area contributed by atoms with E-state index in [2.05, 4.69) is 0 Å².